The quantitative estimate of drug-likeness (QED) is 0.819. The van der Waals surface area contributed by atoms with E-state index >= 15 is 0 Å². The fourth-order valence-electron chi connectivity index (χ4n) is 2.43. The number of carbonyl (C=O) groups excluding carboxylic acids is 1. The molecular formula is C19H22N4O. The molecule has 0 fully saturated rings. The molecule has 2 rings (SSSR count). The molecule has 0 saturated carbocycles. The van der Waals surface area contributed by atoms with E-state index in [0.29, 0.717) is 11.3 Å². The second kappa shape index (κ2) is 8.59. The van der Waals surface area contributed by atoms with Crippen molar-refractivity contribution in [2.24, 2.45) is 0 Å². The Bertz CT molecular complexity index is 715. The van der Waals surface area contributed by atoms with E-state index in [1.807, 2.05) is 24.3 Å². The predicted octanol–water partition coefficient (Wildman–Crippen LogP) is 3.46. The molecule has 0 aliphatic carbocycles. The smallest absolute Gasteiger partial charge is 0.243 e. The van der Waals surface area contributed by atoms with Crippen LogP contribution >= 0.6 is 0 Å². The second-order valence-corrected chi connectivity index (χ2v) is 5.31. The van der Waals surface area contributed by atoms with Crippen molar-refractivity contribution in [1.29, 1.82) is 5.26 Å². The Labute approximate surface area is 142 Å². The van der Waals surface area contributed by atoms with Crippen LogP contribution in [0.1, 0.15) is 19.4 Å². The van der Waals surface area contributed by atoms with Gasteiger partial charge < -0.3 is 15.5 Å². The summed E-state index contributed by atoms with van der Waals surface area (Å²) in [5.74, 6) is -0.155. The highest BCUT2D eigenvalue weighted by atomic mass is 16.1. The van der Waals surface area contributed by atoms with Gasteiger partial charge in [0.2, 0.25) is 5.91 Å². The minimum atomic E-state index is -0.155. The third-order valence-corrected chi connectivity index (χ3v) is 3.72. The lowest BCUT2D eigenvalue weighted by atomic mass is 10.2. The van der Waals surface area contributed by atoms with E-state index in [2.05, 4.69) is 35.5 Å². The first-order valence-electron chi connectivity index (χ1n) is 8.05. The Morgan fingerprint density at radius 1 is 1.08 bits per heavy atom. The number of amides is 1. The molecule has 0 spiro atoms. The summed E-state index contributed by atoms with van der Waals surface area (Å²) in [6.07, 6.45) is 0. The lowest BCUT2D eigenvalue weighted by molar-refractivity contribution is -0.114. The van der Waals surface area contributed by atoms with Crippen molar-refractivity contribution >= 4 is 23.0 Å². The van der Waals surface area contributed by atoms with E-state index in [9.17, 15) is 4.79 Å². The van der Waals surface area contributed by atoms with E-state index in [-0.39, 0.29) is 12.5 Å². The number of rotatable bonds is 7. The van der Waals surface area contributed by atoms with Crippen LogP contribution in [-0.4, -0.2) is 25.5 Å². The summed E-state index contributed by atoms with van der Waals surface area (Å²) in [4.78, 5) is 14.3. The van der Waals surface area contributed by atoms with E-state index < -0.39 is 0 Å². The third-order valence-electron chi connectivity index (χ3n) is 3.72. The molecule has 2 N–H and O–H groups in total. The van der Waals surface area contributed by atoms with Crippen molar-refractivity contribution in [3.63, 3.8) is 0 Å². The number of nitrogens with zero attached hydrogens (tertiary/aromatic N) is 2. The number of nitrogens with one attached hydrogen (secondary N) is 2. The summed E-state index contributed by atoms with van der Waals surface area (Å²) < 4.78 is 0. The van der Waals surface area contributed by atoms with Crippen molar-refractivity contribution in [1.82, 2.24) is 0 Å². The molecule has 5 nitrogen and oxygen atoms in total. The fraction of sp³-hybridized carbons (Fsp3) is 0.263. The molecule has 0 aromatic heterocycles. The lowest BCUT2D eigenvalue weighted by Gasteiger charge is -2.21. The average Bonchev–Trinajstić information content (AvgIpc) is 2.62. The predicted molar refractivity (Wildman–Crippen MR) is 98.3 cm³/mol. The zero-order valence-electron chi connectivity index (χ0n) is 14.0. The SMILES string of the molecule is CCN(CC)c1ccc(NCC(=O)Nc2cccc(C#N)c2)cc1. The first-order chi connectivity index (χ1) is 11.7. The van der Waals surface area contributed by atoms with Gasteiger partial charge in [-0.05, 0) is 56.3 Å². The normalized spacial score (nSPS) is 9.88. The van der Waals surface area contributed by atoms with Gasteiger partial charge in [-0.15, -0.1) is 0 Å². The van der Waals surface area contributed by atoms with Gasteiger partial charge in [0.25, 0.3) is 0 Å². The maximum absolute atomic E-state index is 12.0. The molecule has 0 aliphatic rings. The standard InChI is InChI=1S/C19H22N4O/c1-3-23(4-2)18-10-8-16(9-11-18)21-14-19(24)22-17-7-5-6-15(12-17)13-20/h5-12,21H,3-4,14H2,1-2H3,(H,22,24). The number of benzene rings is 2. The Morgan fingerprint density at radius 3 is 2.42 bits per heavy atom. The van der Waals surface area contributed by atoms with Gasteiger partial charge in [-0.1, -0.05) is 6.07 Å². The van der Waals surface area contributed by atoms with Crippen LogP contribution in [-0.2, 0) is 4.79 Å². The topological polar surface area (TPSA) is 68.2 Å². The first-order valence-corrected chi connectivity index (χ1v) is 8.05. The highest BCUT2D eigenvalue weighted by Crippen LogP contribution is 2.17. The van der Waals surface area contributed by atoms with E-state index in [4.69, 9.17) is 5.26 Å². The van der Waals surface area contributed by atoms with Crippen LogP contribution in [0.2, 0.25) is 0 Å². The molecule has 0 radical (unpaired) electrons. The van der Waals surface area contributed by atoms with E-state index in [1.54, 1.807) is 24.3 Å². The van der Waals surface area contributed by atoms with Crippen LogP contribution < -0.4 is 15.5 Å². The zero-order valence-corrected chi connectivity index (χ0v) is 14.0. The summed E-state index contributed by atoms with van der Waals surface area (Å²) in [6.45, 7) is 6.35. The minimum absolute atomic E-state index is 0.155. The van der Waals surface area contributed by atoms with E-state index in [0.717, 1.165) is 18.8 Å². The van der Waals surface area contributed by atoms with Gasteiger partial charge in [0.1, 0.15) is 0 Å². The molecule has 2 aromatic rings. The number of carbonyl (C=O) groups is 1. The monoisotopic (exact) mass is 322 g/mol. The maximum atomic E-state index is 12.0. The summed E-state index contributed by atoms with van der Waals surface area (Å²) >= 11 is 0. The second-order valence-electron chi connectivity index (χ2n) is 5.31. The van der Waals surface area contributed by atoms with Crippen LogP contribution in [0.3, 0.4) is 0 Å². The average molecular weight is 322 g/mol. The maximum Gasteiger partial charge on any atom is 0.243 e. The molecular weight excluding hydrogens is 300 g/mol. The van der Waals surface area contributed by atoms with Crippen molar-refractivity contribution in [2.45, 2.75) is 13.8 Å². The third kappa shape index (κ3) is 4.75. The molecule has 1 amide bonds. The highest BCUT2D eigenvalue weighted by molar-refractivity contribution is 5.93. The summed E-state index contributed by atoms with van der Waals surface area (Å²) in [7, 11) is 0. The molecule has 0 atom stereocenters. The molecule has 0 bridgehead atoms. The van der Waals surface area contributed by atoms with Crippen molar-refractivity contribution in [3.05, 3.63) is 54.1 Å². The molecule has 5 heteroatoms. The van der Waals surface area contributed by atoms with Crippen molar-refractivity contribution in [3.8, 4) is 6.07 Å². The Hall–Kier alpha value is -3.00. The highest BCUT2D eigenvalue weighted by Gasteiger charge is 2.04. The zero-order chi connectivity index (χ0) is 17.4. The Balaban J connectivity index is 1.88. The van der Waals surface area contributed by atoms with Gasteiger partial charge in [0.15, 0.2) is 0 Å². The van der Waals surface area contributed by atoms with Crippen LogP contribution in [0, 0.1) is 11.3 Å². The van der Waals surface area contributed by atoms with Gasteiger partial charge in [0.05, 0.1) is 18.2 Å². The van der Waals surface area contributed by atoms with E-state index in [1.165, 1.54) is 5.69 Å². The molecule has 24 heavy (non-hydrogen) atoms. The van der Waals surface area contributed by atoms with Crippen molar-refractivity contribution in [2.75, 3.05) is 35.2 Å². The van der Waals surface area contributed by atoms with Crippen molar-refractivity contribution < 1.29 is 4.79 Å². The summed E-state index contributed by atoms with van der Waals surface area (Å²) in [5.41, 5.74) is 3.21. The molecule has 124 valence electrons. The molecule has 0 aliphatic heterocycles. The minimum Gasteiger partial charge on any atom is -0.376 e. The van der Waals surface area contributed by atoms with Crippen LogP contribution in [0.4, 0.5) is 17.1 Å². The molecule has 0 heterocycles. The summed E-state index contributed by atoms with van der Waals surface area (Å²) in [5, 5.41) is 14.7. The fourth-order valence-corrected chi connectivity index (χ4v) is 2.43. The van der Waals surface area contributed by atoms with Gasteiger partial charge in [-0.25, -0.2) is 0 Å². The molecule has 0 unspecified atom stereocenters. The number of hydrogen-bond acceptors (Lipinski definition) is 4. The Kier molecular flexibility index (Phi) is 6.21. The van der Waals surface area contributed by atoms with Gasteiger partial charge in [-0.3, -0.25) is 4.79 Å². The van der Waals surface area contributed by atoms with Crippen LogP contribution in [0.25, 0.3) is 0 Å². The van der Waals surface area contributed by atoms with Gasteiger partial charge >= 0.3 is 0 Å². The van der Waals surface area contributed by atoms with Gasteiger partial charge in [0, 0.05) is 30.2 Å². The number of anilines is 3. The summed E-state index contributed by atoms with van der Waals surface area (Å²) in [6, 6.07) is 16.9. The largest absolute Gasteiger partial charge is 0.376 e. The number of hydrogen-bond donors (Lipinski definition) is 2. The first kappa shape index (κ1) is 17.4. The van der Waals surface area contributed by atoms with Crippen LogP contribution in [0.5, 0.6) is 0 Å². The lowest BCUT2D eigenvalue weighted by Crippen LogP contribution is -2.22. The van der Waals surface area contributed by atoms with Gasteiger partial charge in [-0.2, -0.15) is 5.26 Å². The molecule has 2 aromatic carbocycles. The number of nitriles is 1. The van der Waals surface area contributed by atoms with Crippen LogP contribution in [0.15, 0.2) is 48.5 Å². The Morgan fingerprint density at radius 2 is 1.79 bits per heavy atom. The molecule has 0 saturated heterocycles.